The van der Waals surface area contributed by atoms with Gasteiger partial charge < -0.3 is 19.9 Å². The number of fused-ring (bicyclic) bond motifs is 2. The molecule has 5 atom stereocenters. The van der Waals surface area contributed by atoms with Crippen molar-refractivity contribution in [2.24, 2.45) is 23.7 Å². The van der Waals surface area contributed by atoms with E-state index in [0.717, 1.165) is 25.0 Å². The van der Waals surface area contributed by atoms with Crippen LogP contribution in [0.25, 0.3) is 0 Å². The van der Waals surface area contributed by atoms with Crippen LogP contribution in [0.2, 0.25) is 0 Å². The Hall–Kier alpha value is -3.25. The Morgan fingerprint density at radius 1 is 1.13 bits per heavy atom. The van der Waals surface area contributed by atoms with Crippen molar-refractivity contribution in [3.8, 4) is 11.5 Å². The number of hydrogen-bond acceptors (Lipinski definition) is 6. The molecule has 4 rings (SSSR count). The quantitative estimate of drug-likeness (QED) is 0.359. The lowest BCUT2D eigenvalue weighted by Gasteiger charge is -2.28. The number of sulfonamides is 1. The number of ether oxygens (including phenoxy) is 2. The van der Waals surface area contributed by atoms with Crippen LogP contribution in [0.1, 0.15) is 26.7 Å². The Labute approximate surface area is 218 Å². The van der Waals surface area contributed by atoms with Crippen molar-refractivity contribution in [3.05, 3.63) is 54.6 Å². The summed E-state index contributed by atoms with van der Waals surface area (Å²) in [6.07, 6.45) is 0.360. The van der Waals surface area contributed by atoms with Crippen LogP contribution in [-0.2, 0) is 14.8 Å². The van der Waals surface area contributed by atoms with Gasteiger partial charge in [0.1, 0.15) is 16.4 Å². The van der Waals surface area contributed by atoms with E-state index in [1.54, 1.807) is 13.8 Å². The van der Waals surface area contributed by atoms with E-state index in [4.69, 9.17) is 4.74 Å². The number of benzene rings is 2. The van der Waals surface area contributed by atoms with Gasteiger partial charge in [0.25, 0.3) is 10.0 Å². The highest BCUT2D eigenvalue weighted by atomic mass is 32.2. The van der Waals surface area contributed by atoms with Crippen LogP contribution in [-0.4, -0.2) is 38.5 Å². The number of amides is 1. The fourth-order valence-corrected chi connectivity index (χ4v) is 6.22. The first-order chi connectivity index (χ1) is 17.9. The first-order valence-electron chi connectivity index (χ1n) is 12.2. The van der Waals surface area contributed by atoms with E-state index in [0.29, 0.717) is 5.92 Å². The first-order valence-corrected chi connectivity index (χ1v) is 13.7. The molecule has 206 valence electrons. The third-order valence-corrected chi connectivity index (χ3v) is 8.24. The second-order valence-corrected chi connectivity index (χ2v) is 11.1. The number of hydrogen-bond donors (Lipinski definition) is 3. The summed E-state index contributed by atoms with van der Waals surface area (Å²) in [6.45, 7) is 3.41. The summed E-state index contributed by atoms with van der Waals surface area (Å²) in [5, 5.41) is 13.5. The standard InChI is InChI=1S/C26H29F3N2O6S/c1-3-36-22-14-18(30-25(33)15(2)24(32)21-12-16-7-8-17(21)11-16)9-10-23(22)38(34,35)31-19-5-4-6-20(13-19)37-26(27,28)29/h4-10,13-17,21,24,31-32H,3,11-12H2,1-2H3,(H,30,33). The van der Waals surface area contributed by atoms with E-state index in [9.17, 15) is 31.5 Å². The second-order valence-electron chi connectivity index (χ2n) is 9.49. The minimum Gasteiger partial charge on any atom is -0.492 e. The van der Waals surface area contributed by atoms with Gasteiger partial charge in [-0.3, -0.25) is 9.52 Å². The molecule has 0 saturated heterocycles. The Balaban J connectivity index is 1.48. The third kappa shape index (κ3) is 6.41. The van der Waals surface area contributed by atoms with E-state index in [1.165, 1.54) is 30.3 Å². The highest BCUT2D eigenvalue weighted by molar-refractivity contribution is 7.92. The number of aliphatic hydroxyl groups is 1. The van der Waals surface area contributed by atoms with Crippen molar-refractivity contribution in [3.63, 3.8) is 0 Å². The van der Waals surface area contributed by atoms with Gasteiger partial charge in [0.15, 0.2) is 0 Å². The lowest BCUT2D eigenvalue weighted by Crippen LogP contribution is -2.37. The fourth-order valence-electron chi connectivity index (χ4n) is 5.04. The van der Waals surface area contributed by atoms with Gasteiger partial charge in [-0.15, -0.1) is 13.2 Å². The Bertz CT molecular complexity index is 1310. The molecular weight excluding hydrogens is 525 g/mol. The van der Waals surface area contributed by atoms with Gasteiger partial charge in [0, 0.05) is 17.8 Å². The average molecular weight is 555 g/mol. The van der Waals surface area contributed by atoms with Crippen LogP contribution in [0.15, 0.2) is 59.5 Å². The summed E-state index contributed by atoms with van der Waals surface area (Å²) in [7, 11) is -4.29. The smallest absolute Gasteiger partial charge is 0.492 e. The van der Waals surface area contributed by atoms with Crippen molar-refractivity contribution in [2.75, 3.05) is 16.6 Å². The molecule has 1 amide bonds. The summed E-state index contributed by atoms with van der Waals surface area (Å²) in [6, 6.07) is 8.37. The molecular formula is C26H29F3N2O6S. The third-order valence-electron chi connectivity index (χ3n) is 6.82. The molecule has 0 heterocycles. The first kappa shape index (κ1) is 27.8. The zero-order valence-corrected chi connectivity index (χ0v) is 21.6. The van der Waals surface area contributed by atoms with Crippen LogP contribution in [0.5, 0.6) is 11.5 Å². The van der Waals surface area contributed by atoms with E-state index in [-0.39, 0.29) is 40.5 Å². The molecule has 12 heteroatoms. The second kappa shape index (κ2) is 10.9. The van der Waals surface area contributed by atoms with Gasteiger partial charge in [0.05, 0.1) is 24.3 Å². The maximum atomic E-state index is 13.1. The average Bonchev–Trinajstić information content (AvgIpc) is 3.46. The number of carbonyl (C=O) groups excluding carboxylic acids is 1. The molecule has 1 saturated carbocycles. The normalized spacial score (nSPS) is 22.1. The SMILES string of the molecule is CCOc1cc(NC(=O)C(C)C(O)C2CC3C=CC2C3)ccc1S(=O)(=O)Nc1cccc(OC(F)(F)F)c1. The lowest BCUT2D eigenvalue weighted by molar-refractivity contribution is -0.274. The highest BCUT2D eigenvalue weighted by Crippen LogP contribution is 2.46. The Kier molecular flexibility index (Phi) is 7.93. The van der Waals surface area contributed by atoms with Gasteiger partial charge in [0.2, 0.25) is 5.91 Å². The Morgan fingerprint density at radius 3 is 2.53 bits per heavy atom. The molecule has 0 aliphatic heterocycles. The van der Waals surface area contributed by atoms with Crippen LogP contribution < -0.4 is 19.5 Å². The summed E-state index contributed by atoms with van der Waals surface area (Å²) >= 11 is 0. The molecule has 0 radical (unpaired) electrons. The van der Waals surface area contributed by atoms with Crippen LogP contribution in [0.3, 0.4) is 0 Å². The molecule has 2 bridgehead atoms. The largest absolute Gasteiger partial charge is 0.573 e. The number of rotatable bonds is 10. The maximum absolute atomic E-state index is 13.1. The number of halogens is 3. The highest BCUT2D eigenvalue weighted by Gasteiger charge is 2.42. The molecule has 5 unspecified atom stereocenters. The van der Waals surface area contributed by atoms with Gasteiger partial charge in [-0.1, -0.05) is 25.1 Å². The zero-order chi connectivity index (χ0) is 27.7. The van der Waals surface area contributed by atoms with Gasteiger partial charge in [-0.25, -0.2) is 8.42 Å². The molecule has 0 spiro atoms. The van der Waals surface area contributed by atoms with Crippen molar-refractivity contribution < 1.29 is 41.0 Å². The minimum atomic E-state index is -4.93. The zero-order valence-electron chi connectivity index (χ0n) is 20.7. The molecule has 0 aromatic heterocycles. The van der Waals surface area contributed by atoms with Gasteiger partial charge >= 0.3 is 6.36 Å². The van der Waals surface area contributed by atoms with E-state index >= 15 is 0 Å². The summed E-state index contributed by atoms with van der Waals surface area (Å²) in [4.78, 5) is 12.6. The number of allylic oxidation sites excluding steroid dienone is 2. The van der Waals surface area contributed by atoms with Crippen molar-refractivity contribution in [1.82, 2.24) is 0 Å². The van der Waals surface area contributed by atoms with Crippen LogP contribution in [0, 0.1) is 23.7 Å². The summed E-state index contributed by atoms with van der Waals surface area (Å²) in [5.41, 5.74) is 0.120. The van der Waals surface area contributed by atoms with Gasteiger partial charge in [-0.2, -0.15) is 0 Å². The molecule has 2 aromatic carbocycles. The predicted molar refractivity (Wildman–Crippen MR) is 134 cm³/mol. The number of nitrogens with one attached hydrogen (secondary N) is 2. The summed E-state index contributed by atoms with van der Waals surface area (Å²) in [5.74, 6) is -1.02. The molecule has 38 heavy (non-hydrogen) atoms. The van der Waals surface area contributed by atoms with E-state index in [2.05, 4.69) is 26.9 Å². The number of aliphatic hydroxyl groups excluding tert-OH is 1. The lowest BCUT2D eigenvalue weighted by atomic mass is 9.82. The Morgan fingerprint density at radius 2 is 1.89 bits per heavy atom. The number of alkyl halides is 3. The molecule has 8 nitrogen and oxygen atoms in total. The van der Waals surface area contributed by atoms with E-state index < -0.39 is 40.1 Å². The van der Waals surface area contributed by atoms with E-state index in [1.807, 2.05) is 0 Å². The molecule has 2 aliphatic carbocycles. The molecule has 3 N–H and O–H groups in total. The van der Waals surface area contributed by atoms with Crippen molar-refractivity contribution >= 4 is 27.3 Å². The minimum absolute atomic E-state index is 0.0170. The monoisotopic (exact) mass is 554 g/mol. The predicted octanol–water partition coefficient (Wildman–Crippen LogP) is 4.93. The van der Waals surface area contributed by atoms with Crippen molar-refractivity contribution in [2.45, 2.75) is 44.1 Å². The van der Waals surface area contributed by atoms with Crippen molar-refractivity contribution in [1.29, 1.82) is 0 Å². The molecule has 1 fully saturated rings. The molecule has 2 aliphatic rings. The number of carbonyl (C=O) groups is 1. The molecule has 2 aromatic rings. The fraction of sp³-hybridized carbons (Fsp3) is 0.423. The van der Waals surface area contributed by atoms with Gasteiger partial charge in [-0.05, 0) is 61.8 Å². The van der Waals surface area contributed by atoms with Crippen LogP contribution in [0.4, 0.5) is 24.5 Å². The number of anilines is 2. The topological polar surface area (TPSA) is 114 Å². The maximum Gasteiger partial charge on any atom is 0.573 e. The van der Waals surface area contributed by atoms with Crippen LogP contribution >= 0.6 is 0 Å². The summed E-state index contributed by atoms with van der Waals surface area (Å²) < 4.78 is 75.2.